The van der Waals surface area contributed by atoms with E-state index in [9.17, 15) is 0 Å². The molecule has 78 valence electrons. The van der Waals surface area contributed by atoms with Gasteiger partial charge in [-0.25, -0.2) is 4.98 Å². The van der Waals surface area contributed by atoms with Crippen molar-refractivity contribution < 1.29 is 0 Å². The van der Waals surface area contributed by atoms with Crippen LogP contribution in [-0.4, -0.2) is 20.2 Å². The molecule has 0 aliphatic rings. The SMILES string of the molecule is Cc1[nH]cnc1CNCc1cccnn1. The number of nitrogens with one attached hydrogen (secondary N) is 2. The van der Waals surface area contributed by atoms with Crippen molar-refractivity contribution in [3.63, 3.8) is 0 Å². The van der Waals surface area contributed by atoms with E-state index >= 15 is 0 Å². The van der Waals surface area contributed by atoms with Crippen LogP contribution in [0.2, 0.25) is 0 Å². The summed E-state index contributed by atoms with van der Waals surface area (Å²) in [4.78, 5) is 7.23. The molecule has 0 aliphatic heterocycles. The zero-order valence-corrected chi connectivity index (χ0v) is 8.57. The van der Waals surface area contributed by atoms with Gasteiger partial charge in [-0.15, -0.1) is 0 Å². The average molecular weight is 203 g/mol. The zero-order chi connectivity index (χ0) is 10.5. The minimum atomic E-state index is 0.708. The lowest BCUT2D eigenvalue weighted by Gasteiger charge is -2.01. The molecule has 2 aromatic rings. The van der Waals surface area contributed by atoms with E-state index in [0.717, 1.165) is 23.6 Å². The van der Waals surface area contributed by atoms with Gasteiger partial charge in [0.2, 0.25) is 0 Å². The highest BCUT2D eigenvalue weighted by Gasteiger charge is 2.00. The van der Waals surface area contributed by atoms with Gasteiger partial charge in [0.15, 0.2) is 0 Å². The van der Waals surface area contributed by atoms with Crippen molar-refractivity contribution in [1.82, 2.24) is 25.5 Å². The van der Waals surface area contributed by atoms with Crippen LogP contribution in [-0.2, 0) is 13.1 Å². The lowest BCUT2D eigenvalue weighted by molar-refractivity contribution is 0.658. The molecule has 0 saturated heterocycles. The number of nitrogens with zero attached hydrogens (tertiary/aromatic N) is 3. The van der Waals surface area contributed by atoms with E-state index in [1.54, 1.807) is 12.5 Å². The van der Waals surface area contributed by atoms with E-state index in [1.807, 2.05) is 19.1 Å². The molecular weight excluding hydrogens is 190 g/mol. The quantitative estimate of drug-likeness (QED) is 0.771. The minimum absolute atomic E-state index is 0.708. The number of imidazole rings is 1. The minimum Gasteiger partial charge on any atom is -0.348 e. The molecule has 2 aromatic heterocycles. The van der Waals surface area contributed by atoms with Gasteiger partial charge in [0.25, 0.3) is 0 Å². The monoisotopic (exact) mass is 203 g/mol. The molecule has 0 aliphatic carbocycles. The maximum Gasteiger partial charge on any atom is 0.0925 e. The third-order valence-electron chi connectivity index (χ3n) is 2.16. The van der Waals surface area contributed by atoms with Crippen molar-refractivity contribution in [2.75, 3.05) is 0 Å². The Kier molecular flexibility index (Phi) is 3.04. The van der Waals surface area contributed by atoms with Crippen LogP contribution in [0.15, 0.2) is 24.7 Å². The lowest BCUT2D eigenvalue weighted by Crippen LogP contribution is -2.14. The summed E-state index contributed by atoms with van der Waals surface area (Å²) in [6.45, 7) is 3.46. The Morgan fingerprint density at radius 2 is 2.33 bits per heavy atom. The van der Waals surface area contributed by atoms with Crippen molar-refractivity contribution in [3.8, 4) is 0 Å². The van der Waals surface area contributed by atoms with Gasteiger partial charge in [0, 0.05) is 25.0 Å². The Hall–Kier alpha value is -1.75. The molecule has 5 heteroatoms. The Morgan fingerprint density at radius 3 is 3.00 bits per heavy atom. The first-order valence-corrected chi connectivity index (χ1v) is 4.82. The first-order chi connectivity index (χ1) is 7.36. The molecule has 0 aromatic carbocycles. The van der Waals surface area contributed by atoms with E-state index in [0.29, 0.717) is 6.54 Å². The van der Waals surface area contributed by atoms with E-state index in [-0.39, 0.29) is 0 Å². The van der Waals surface area contributed by atoms with Gasteiger partial charge < -0.3 is 10.3 Å². The molecule has 0 saturated carbocycles. The predicted molar refractivity (Wildman–Crippen MR) is 55.9 cm³/mol. The van der Waals surface area contributed by atoms with Gasteiger partial charge in [0.1, 0.15) is 0 Å². The highest BCUT2D eigenvalue weighted by Crippen LogP contribution is 1.99. The number of hydrogen-bond acceptors (Lipinski definition) is 4. The second-order valence-corrected chi connectivity index (χ2v) is 3.29. The molecule has 0 fully saturated rings. The lowest BCUT2D eigenvalue weighted by atomic mass is 10.3. The average Bonchev–Trinajstić information content (AvgIpc) is 2.66. The molecule has 0 bridgehead atoms. The molecule has 2 heterocycles. The predicted octanol–water partition coefficient (Wildman–Crippen LogP) is 0.798. The number of aryl methyl sites for hydroxylation is 1. The number of rotatable bonds is 4. The maximum absolute atomic E-state index is 4.19. The standard InChI is InChI=1S/C10H13N5/c1-8-10(13-7-12-8)6-11-5-9-3-2-4-14-15-9/h2-4,7,11H,5-6H2,1H3,(H,12,13). The molecule has 0 unspecified atom stereocenters. The fraction of sp³-hybridized carbons (Fsp3) is 0.300. The highest BCUT2D eigenvalue weighted by molar-refractivity contribution is 5.08. The van der Waals surface area contributed by atoms with Crippen molar-refractivity contribution in [1.29, 1.82) is 0 Å². The Labute approximate surface area is 88.0 Å². The van der Waals surface area contributed by atoms with Crippen LogP contribution in [0.3, 0.4) is 0 Å². The molecule has 0 atom stereocenters. The van der Waals surface area contributed by atoms with E-state index in [2.05, 4.69) is 25.5 Å². The van der Waals surface area contributed by atoms with Crippen LogP contribution >= 0.6 is 0 Å². The summed E-state index contributed by atoms with van der Waals surface area (Å²) in [5, 5.41) is 11.0. The van der Waals surface area contributed by atoms with Crippen molar-refractivity contribution in [3.05, 3.63) is 41.7 Å². The molecule has 0 radical (unpaired) electrons. The molecule has 2 rings (SSSR count). The summed E-state index contributed by atoms with van der Waals surface area (Å²) >= 11 is 0. The van der Waals surface area contributed by atoms with Crippen molar-refractivity contribution >= 4 is 0 Å². The van der Waals surface area contributed by atoms with Gasteiger partial charge in [-0.1, -0.05) is 0 Å². The Bertz CT molecular complexity index is 409. The van der Waals surface area contributed by atoms with Crippen LogP contribution in [0.4, 0.5) is 0 Å². The zero-order valence-electron chi connectivity index (χ0n) is 8.57. The third-order valence-corrected chi connectivity index (χ3v) is 2.16. The van der Waals surface area contributed by atoms with Crippen LogP contribution in [0.25, 0.3) is 0 Å². The van der Waals surface area contributed by atoms with Gasteiger partial charge in [-0.05, 0) is 19.1 Å². The van der Waals surface area contributed by atoms with Crippen molar-refractivity contribution in [2.24, 2.45) is 0 Å². The fourth-order valence-electron chi connectivity index (χ4n) is 1.30. The molecule has 0 amide bonds. The molecule has 5 nitrogen and oxygen atoms in total. The summed E-state index contributed by atoms with van der Waals surface area (Å²) in [7, 11) is 0. The van der Waals surface area contributed by atoms with Gasteiger partial charge in [-0.3, -0.25) is 0 Å². The van der Waals surface area contributed by atoms with Crippen LogP contribution < -0.4 is 5.32 Å². The first-order valence-electron chi connectivity index (χ1n) is 4.82. The van der Waals surface area contributed by atoms with Gasteiger partial charge >= 0.3 is 0 Å². The summed E-state index contributed by atoms with van der Waals surface area (Å²) in [6.07, 6.45) is 3.37. The number of aromatic amines is 1. The molecular formula is C10H13N5. The second kappa shape index (κ2) is 4.65. The van der Waals surface area contributed by atoms with Crippen LogP contribution in [0.5, 0.6) is 0 Å². The number of hydrogen-bond donors (Lipinski definition) is 2. The Morgan fingerprint density at radius 1 is 1.40 bits per heavy atom. The maximum atomic E-state index is 4.19. The Balaban J connectivity index is 1.83. The summed E-state index contributed by atoms with van der Waals surface area (Å²) < 4.78 is 0. The highest BCUT2D eigenvalue weighted by atomic mass is 15.1. The van der Waals surface area contributed by atoms with Crippen LogP contribution in [0, 0.1) is 6.92 Å². The third kappa shape index (κ3) is 2.60. The first kappa shape index (κ1) is 9.79. The normalized spacial score (nSPS) is 10.5. The van der Waals surface area contributed by atoms with Crippen molar-refractivity contribution in [2.45, 2.75) is 20.0 Å². The largest absolute Gasteiger partial charge is 0.348 e. The van der Waals surface area contributed by atoms with Crippen LogP contribution in [0.1, 0.15) is 17.1 Å². The van der Waals surface area contributed by atoms with Gasteiger partial charge in [-0.2, -0.15) is 10.2 Å². The summed E-state index contributed by atoms with van der Waals surface area (Å²) in [6, 6.07) is 3.82. The molecule has 15 heavy (non-hydrogen) atoms. The van der Waals surface area contributed by atoms with E-state index < -0.39 is 0 Å². The smallest absolute Gasteiger partial charge is 0.0925 e. The van der Waals surface area contributed by atoms with E-state index in [4.69, 9.17) is 0 Å². The number of H-pyrrole nitrogens is 1. The number of aromatic nitrogens is 4. The molecule has 2 N–H and O–H groups in total. The topological polar surface area (TPSA) is 66.5 Å². The van der Waals surface area contributed by atoms with Gasteiger partial charge in [0.05, 0.1) is 17.7 Å². The second-order valence-electron chi connectivity index (χ2n) is 3.29. The molecule has 0 spiro atoms. The summed E-state index contributed by atoms with van der Waals surface area (Å²) in [5.41, 5.74) is 3.08. The van der Waals surface area contributed by atoms with E-state index in [1.165, 1.54) is 0 Å². The summed E-state index contributed by atoms with van der Waals surface area (Å²) in [5.74, 6) is 0. The fourth-order valence-corrected chi connectivity index (χ4v) is 1.30.